The van der Waals surface area contributed by atoms with Crippen LogP contribution in [0.1, 0.15) is 40.0 Å². The van der Waals surface area contributed by atoms with Gasteiger partial charge >= 0.3 is 6.01 Å². The van der Waals surface area contributed by atoms with Gasteiger partial charge in [0.25, 0.3) is 0 Å². The summed E-state index contributed by atoms with van der Waals surface area (Å²) in [5.41, 5.74) is -0.786. The van der Waals surface area contributed by atoms with E-state index in [-0.39, 0.29) is 6.01 Å². The van der Waals surface area contributed by atoms with Crippen LogP contribution in [-0.4, -0.2) is 45.9 Å². The lowest BCUT2D eigenvalue weighted by Gasteiger charge is -2.22. The number of rotatable bonds is 9. The minimum atomic E-state index is -0.786. The summed E-state index contributed by atoms with van der Waals surface area (Å²) in [5.74, 6) is 0.829. The largest absolute Gasteiger partial charge is 0.463 e. The van der Waals surface area contributed by atoms with Gasteiger partial charge in [-0.3, -0.25) is 0 Å². The van der Waals surface area contributed by atoms with Gasteiger partial charge in [0, 0.05) is 13.6 Å². The fourth-order valence-corrected chi connectivity index (χ4v) is 1.70. The van der Waals surface area contributed by atoms with E-state index in [4.69, 9.17) is 4.74 Å². The molecule has 0 aliphatic rings. The minimum absolute atomic E-state index is 0.281. The second-order valence-corrected chi connectivity index (χ2v) is 4.96. The van der Waals surface area contributed by atoms with Crippen LogP contribution in [0.4, 0.5) is 11.9 Å². The van der Waals surface area contributed by atoms with Crippen LogP contribution in [0, 0.1) is 0 Å². The lowest BCUT2D eigenvalue weighted by atomic mass is 10.0. The first-order valence-corrected chi connectivity index (χ1v) is 7.03. The average Bonchev–Trinajstić information content (AvgIpc) is 2.43. The van der Waals surface area contributed by atoms with Crippen LogP contribution in [0.25, 0.3) is 0 Å². The zero-order chi connectivity index (χ0) is 15.0. The third-order valence-corrected chi connectivity index (χ3v) is 2.69. The number of aliphatic hydroxyl groups is 1. The molecule has 0 fully saturated rings. The predicted molar refractivity (Wildman–Crippen MR) is 79.2 cm³/mol. The monoisotopic (exact) mass is 283 g/mol. The Balaban J connectivity index is 2.73. The molecule has 7 heteroatoms. The summed E-state index contributed by atoms with van der Waals surface area (Å²) in [7, 11) is 1.73. The molecule has 0 radical (unpaired) electrons. The summed E-state index contributed by atoms with van der Waals surface area (Å²) in [6.07, 6.45) is 2.51. The summed E-state index contributed by atoms with van der Waals surface area (Å²) in [4.78, 5) is 12.5. The second kappa shape index (κ2) is 7.84. The van der Waals surface area contributed by atoms with Gasteiger partial charge < -0.3 is 20.5 Å². The quantitative estimate of drug-likeness (QED) is 0.634. The van der Waals surface area contributed by atoms with E-state index in [1.807, 2.05) is 13.8 Å². The maximum Gasteiger partial charge on any atom is 0.323 e. The maximum absolute atomic E-state index is 10.1. The molecule has 1 heterocycles. The van der Waals surface area contributed by atoms with Crippen molar-refractivity contribution in [1.29, 1.82) is 0 Å². The molecular weight excluding hydrogens is 258 g/mol. The molecule has 0 spiro atoms. The first kappa shape index (κ1) is 16.4. The molecular formula is C13H25N5O2. The van der Waals surface area contributed by atoms with E-state index in [0.717, 1.165) is 12.8 Å². The van der Waals surface area contributed by atoms with Gasteiger partial charge in [0.05, 0.1) is 12.2 Å². The van der Waals surface area contributed by atoms with Gasteiger partial charge in [-0.1, -0.05) is 20.3 Å². The van der Waals surface area contributed by atoms with Gasteiger partial charge in [0.1, 0.15) is 0 Å². The number of nitrogens with zero attached hydrogens (tertiary/aromatic N) is 3. The number of ether oxygens (including phenoxy) is 1. The van der Waals surface area contributed by atoms with Gasteiger partial charge in [0.2, 0.25) is 11.9 Å². The van der Waals surface area contributed by atoms with Crippen LogP contribution < -0.4 is 15.4 Å². The van der Waals surface area contributed by atoms with Crippen LogP contribution in [0.15, 0.2) is 0 Å². The van der Waals surface area contributed by atoms with E-state index in [0.29, 0.717) is 31.5 Å². The molecule has 1 aromatic rings. The molecule has 0 amide bonds. The Morgan fingerprint density at radius 2 is 1.85 bits per heavy atom. The maximum atomic E-state index is 10.1. The normalized spacial score (nSPS) is 13.7. The van der Waals surface area contributed by atoms with Crippen LogP contribution in [0.3, 0.4) is 0 Å². The topological polar surface area (TPSA) is 92.2 Å². The van der Waals surface area contributed by atoms with Gasteiger partial charge in [-0.25, -0.2) is 0 Å². The number of hydrogen-bond donors (Lipinski definition) is 3. The predicted octanol–water partition coefficient (Wildman–Crippen LogP) is 1.67. The Morgan fingerprint density at radius 1 is 1.15 bits per heavy atom. The average molecular weight is 283 g/mol. The molecule has 114 valence electrons. The number of aromatic nitrogens is 3. The van der Waals surface area contributed by atoms with E-state index in [9.17, 15) is 5.11 Å². The van der Waals surface area contributed by atoms with Crippen molar-refractivity contribution >= 4 is 11.9 Å². The Hall–Kier alpha value is -1.63. The first-order chi connectivity index (χ1) is 9.50. The molecule has 0 aliphatic carbocycles. The molecule has 1 aromatic heterocycles. The molecule has 7 nitrogen and oxygen atoms in total. The van der Waals surface area contributed by atoms with Crippen LogP contribution in [-0.2, 0) is 0 Å². The van der Waals surface area contributed by atoms with Crippen molar-refractivity contribution in [2.45, 2.75) is 45.6 Å². The zero-order valence-corrected chi connectivity index (χ0v) is 12.7. The summed E-state index contributed by atoms with van der Waals surface area (Å²) in [6.45, 7) is 6.77. The third-order valence-electron chi connectivity index (χ3n) is 2.69. The highest BCUT2D eigenvalue weighted by molar-refractivity contribution is 5.35. The molecule has 0 saturated carbocycles. The third kappa shape index (κ3) is 5.56. The molecule has 1 atom stereocenters. The highest BCUT2D eigenvalue weighted by atomic mass is 16.5. The fraction of sp³-hybridized carbons (Fsp3) is 0.769. The molecule has 0 aliphatic heterocycles. The Bertz CT molecular complexity index is 412. The smallest absolute Gasteiger partial charge is 0.323 e. The van der Waals surface area contributed by atoms with E-state index < -0.39 is 5.60 Å². The summed E-state index contributed by atoms with van der Waals surface area (Å²) in [5, 5.41) is 16.0. The molecule has 1 unspecified atom stereocenters. The van der Waals surface area contributed by atoms with Crippen molar-refractivity contribution in [2.24, 2.45) is 0 Å². The summed E-state index contributed by atoms with van der Waals surface area (Å²) < 4.78 is 5.41. The van der Waals surface area contributed by atoms with E-state index in [1.165, 1.54) is 0 Å². The van der Waals surface area contributed by atoms with Crippen LogP contribution in [0.2, 0.25) is 0 Å². The van der Waals surface area contributed by atoms with E-state index in [2.05, 4.69) is 25.6 Å². The highest BCUT2D eigenvalue weighted by Crippen LogP contribution is 2.15. The molecule has 3 N–H and O–H groups in total. The Kier molecular flexibility index (Phi) is 6.44. The SMILES string of the molecule is CCCOc1nc(NC)nc(NCC(C)(O)CCC)n1. The van der Waals surface area contributed by atoms with Gasteiger partial charge in [-0.05, 0) is 19.8 Å². The Morgan fingerprint density at radius 3 is 2.45 bits per heavy atom. The van der Waals surface area contributed by atoms with E-state index >= 15 is 0 Å². The molecule has 1 rings (SSSR count). The lowest BCUT2D eigenvalue weighted by Crippen LogP contribution is -2.33. The molecule has 20 heavy (non-hydrogen) atoms. The van der Waals surface area contributed by atoms with Gasteiger partial charge in [0.15, 0.2) is 0 Å². The number of nitrogens with one attached hydrogen (secondary N) is 2. The van der Waals surface area contributed by atoms with Crippen LogP contribution >= 0.6 is 0 Å². The summed E-state index contributed by atoms with van der Waals surface area (Å²) >= 11 is 0. The minimum Gasteiger partial charge on any atom is -0.463 e. The van der Waals surface area contributed by atoms with Gasteiger partial charge in [-0.15, -0.1) is 0 Å². The van der Waals surface area contributed by atoms with Crippen molar-refractivity contribution in [3.05, 3.63) is 0 Å². The van der Waals surface area contributed by atoms with Crippen molar-refractivity contribution < 1.29 is 9.84 Å². The summed E-state index contributed by atoms with van der Waals surface area (Å²) in [6, 6.07) is 0.281. The van der Waals surface area contributed by atoms with Gasteiger partial charge in [-0.2, -0.15) is 15.0 Å². The van der Waals surface area contributed by atoms with E-state index in [1.54, 1.807) is 14.0 Å². The first-order valence-electron chi connectivity index (χ1n) is 7.03. The molecule has 0 bridgehead atoms. The van der Waals surface area contributed by atoms with Crippen molar-refractivity contribution in [3.8, 4) is 6.01 Å². The zero-order valence-electron chi connectivity index (χ0n) is 12.7. The lowest BCUT2D eigenvalue weighted by molar-refractivity contribution is 0.0635. The van der Waals surface area contributed by atoms with Crippen LogP contribution in [0.5, 0.6) is 6.01 Å². The molecule has 0 aromatic carbocycles. The highest BCUT2D eigenvalue weighted by Gasteiger charge is 2.19. The standard InChI is InChI=1S/C13H25N5O2/c1-5-7-13(3,19)9-15-11-16-10(14-4)17-12(18-11)20-8-6-2/h19H,5-9H2,1-4H3,(H2,14,15,16,17,18). The van der Waals surface area contributed by atoms with Crippen molar-refractivity contribution in [2.75, 3.05) is 30.8 Å². The van der Waals surface area contributed by atoms with Crippen molar-refractivity contribution in [3.63, 3.8) is 0 Å². The number of hydrogen-bond acceptors (Lipinski definition) is 7. The Labute approximate surface area is 120 Å². The number of anilines is 2. The fourth-order valence-electron chi connectivity index (χ4n) is 1.70. The van der Waals surface area contributed by atoms with Crippen molar-refractivity contribution in [1.82, 2.24) is 15.0 Å². The molecule has 0 saturated heterocycles. The second-order valence-electron chi connectivity index (χ2n) is 4.96.